The van der Waals surface area contributed by atoms with Crippen LogP contribution in [0, 0.1) is 6.92 Å². The van der Waals surface area contributed by atoms with E-state index in [0.717, 1.165) is 22.5 Å². The molecule has 0 aliphatic heterocycles. The number of carbonyl (C=O) groups is 1. The molecule has 1 amide bonds. The Bertz CT molecular complexity index is 1070. The summed E-state index contributed by atoms with van der Waals surface area (Å²) < 4.78 is 6.87. The molecule has 0 atom stereocenters. The molecule has 4 aromatic rings. The third-order valence-corrected chi connectivity index (χ3v) is 3.95. The number of H-pyrrole nitrogens is 1. The fourth-order valence-electron chi connectivity index (χ4n) is 2.80. The number of hydrogen-bond donors (Lipinski definition) is 2. The first-order chi connectivity index (χ1) is 12.1. The first-order valence-electron chi connectivity index (χ1n) is 7.70. The first kappa shape index (κ1) is 14.9. The van der Waals surface area contributed by atoms with Gasteiger partial charge in [-0.3, -0.25) is 0 Å². The second-order valence-electron chi connectivity index (χ2n) is 5.55. The molecule has 0 radical (unpaired) electrons. The van der Waals surface area contributed by atoms with Gasteiger partial charge < -0.3 is 15.5 Å². The van der Waals surface area contributed by atoms with E-state index >= 15 is 0 Å². The van der Waals surface area contributed by atoms with Crippen LogP contribution in [0.15, 0.2) is 54.7 Å². The fraction of sp³-hybridized carbons (Fsp3) is 0.0556. The van der Waals surface area contributed by atoms with E-state index in [1.807, 2.05) is 48.0 Å². The maximum Gasteiger partial charge on any atom is 0.410 e. The number of benzene rings is 2. The number of aromatic amines is 1. The van der Waals surface area contributed by atoms with Gasteiger partial charge in [0.2, 0.25) is 0 Å². The fourth-order valence-corrected chi connectivity index (χ4v) is 2.80. The van der Waals surface area contributed by atoms with Crippen molar-refractivity contribution in [2.45, 2.75) is 6.92 Å². The molecule has 0 unspecified atom stereocenters. The van der Waals surface area contributed by atoms with Crippen molar-refractivity contribution in [1.29, 1.82) is 0 Å². The standard InChI is InChI=1S/C18H15N5O2/c1-11-13(10-20-23(11)12-6-3-2-4-7-12)17-21-14-8-5-9-15(16(14)22-17)25-18(19)24/h2-10H,1H3,(H2,19,24)(H,21,22). The number of rotatable bonds is 3. The number of carbonyl (C=O) groups excluding carboxylic acids is 1. The van der Waals surface area contributed by atoms with Crippen LogP contribution in [0.1, 0.15) is 5.69 Å². The van der Waals surface area contributed by atoms with Gasteiger partial charge in [0.15, 0.2) is 5.75 Å². The lowest BCUT2D eigenvalue weighted by Crippen LogP contribution is -2.16. The number of hydrogen-bond acceptors (Lipinski definition) is 4. The number of amides is 1. The maximum atomic E-state index is 11.1. The van der Waals surface area contributed by atoms with Crippen molar-refractivity contribution in [3.8, 4) is 22.8 Å². The number of ether oxygens (including phenoxy) is 1. The quantitative estimate of drug-likeness (QED) is 0.601. The summed E-state index contributed by atoms with van der Waals surface area (Å²) in [4.78, 5) is 18.8. The largest absolute Gasteiger partial charge is 0.410 e. The molecule has 0 spiro atoms. The Labute approximate surface area is 143 Å². The normalized spacial score (nSPS) is 10.9. The molecule has 0 saturated heterocycles. The highest BCUT2D eigenvalue weighted by Gasteiger charge is 2.16. The number of nitrogens with one attached hydrogen (secondary N) is 1. The van der Waals surface area contributed by atoms with Crippen molar-refractivity contribution >= 4 is 17.1 Å². The summed E-state index contributed by atoms with van der Waals surface area (Å²) in [6.45, 7) is 1.98. The van der Waals surface area contributed by atoms with Gasteiger partial charge in [-0.25, -0.2) is 14.5 Å². The summed E-state index contributed by atoms with van der Waals surface area (Å²) in [6.07, 6.45) is 0.888. The van der Waals surface area contributed by atoms with Crippen LogP contribution in [0.3, 0.4) is 0 Å². The van der Waals surface area contributed by atoms with Crippen LogP contribution in [-0.4, -0.2) is 25.8 Å². The molecule has 0 aliphatic carbocycles. The van der Waals surface area contributed by atoms with E-state index in [1.165, 1.54) is 0 Å². The van der Waals surface area contributed by atoms with Crippen LogP contribution in [0.25, 0.3) is 28.1 Å². The van der Waals surface area contributed by atoms with Gasteiger partial charge in [-0.2, -0.15) is 5.10 Å². The van der Waals surface area contributed by atoms with Crippen LogP contribution in [0.5, 0.6) is 5.75 Å². The van der Waals surface area contributed by atoms with Gasteiger partial charge >= 0.3 is 6.09 Å². The Hall–Kier alpha value is -3.61. The lowest BCUT2D eigenvalue weighted by atomic mass is 10.2. The highest BCUT2D eigenvalue weighted by atomic mass is 16.5. The molecule has 7 nitrogen and oxygen atoms in total. The Morgan fingerprint density at radius 2 is 1.96 bits per heavy atom. The van der Waals surface area contributed by atoms with Gasteiger partial charge in [0.05, 0.1) is 28.7 Å². The Morgan fingerprint density at radius 1 is 1.16 bits per heavy atom. The summed E-state index contributed by atoms with van der Waals surface area (Å²) in [6, 6.07) is 15.1. The number of para-hydroxylation sites is 2. The molecule has 0 saturated carbocycles. The van der Waals surface area contributed by atoms with E-state index in [0.29, 0.717) is 17.1 Å². The van der Waals surface area contributed by atoms with Crippen LogP contribution in [0.4, 0.5) is 4.79 Å². The topological polar surface area (TPSA) is 98.8 Å². The average Bonchev–Trinajstić information content (AvgIpc) is 3.19. The van der Waals surface area contributed by atoms with E-state index in [9.17, 15) is 4.79 Å². The number of nitrogens with two attached hydrogens (primary N) is 1. The molecule has 2 heterocycles. The highest BCUT2D eigenvalue weighted by molar-refractivity contribution is 5.87. The third-order valence-electron chi connectivity index (χ3n) is 3.95. The van der Waals surface area contributed by atoms with Crippen molar-refractivity contribution in [2.75, 3.05) is 0 Å². The Morgan fingerprint density at radius 3 is 2.72 bits per heavy atom. The summed E-state index contributed by atoms with van der Waals surface area (Å²) in [7, 11) is 0. The first-order valence-corrected chi connectivity index (χ1v) is 7.70. The second-order valence-corrected chi connectivity index (χ2v) is 5.55. The van der Waals surface area contributed by atoms with Gasteiger partial charge in [-0.15, -0.1) is 0 Å². The monoisotopic (exact) mass is 333 g/mol. The SMILES string of the molecule is Cc1c(-c2nc3c(OC(N)=O)cccc3[nH]2)cnn1-c1ccccc1. The lowest BCUT2D eigenvalue weighted by Gasteiger charge is -2.04. The molecule has 3 N–H and O–H groups in total. The zero-order valence-electron chi connectivity index (χ0n) is 13.4. The predicted molar refractivity (Wildman–Crippen MR) is 93.6 cm³/mol. The lowest BCUT2D eigenvalue weighted by molar-refractivity contribution is 0.211. The van der Waals surface area contributed by atoms with Gasteiger partial charge in [0, 0.05) is 0 Å². The molecular weight excluding hydrogens is 318 g/mol. The second kappa shape index (κ2) is 5.79. The molecule has 7 heteroatoms. The molecule has 2 aromatic heterocycles. The van der Waals surface area contributed by atoms with Gasteiger partial charge in [-0.05, 0) is 31.2 Å². The molecule has 2 aromatic carbocycles. The number of primary amides is 1. The summed E-state index contributed by atoms with van der Waals surface area (Å²) in [5.41, 5.74) is 9.19. The van der Waals surface area contributed by atoms with E-state index < -0.39 is 6.09 Å². The zero-order valence-corrected chi connectivity index (χ0v) is 13.4. The number of nitrogens with zero attached hydrogens (tertiary/aromatic N) is 3. The van der Waals surface area contributed by atoms with Crippen molar-refractivity contribution in [3.05, 3.63) is 60.4 Å². The van der Waals surface area contributed by atoms with Crippen LogP contribution < -0.4 is 10.5 Å². The van der Waals surface area contributed by atoms with Crippen LogP contribution in [-0.2, 0) is 0 Å². The van der Waals surface area contributed by atoms with Gasteiger partial charge in [-0.1, -0.05) is 24.3 Å². The van der Waals surface area contributed by atoms with Crippen LogP contribution >= 0.6 is 0 Å². The van der Waals surface area contributed by atoms with Crippen molar-refractivity contribution < 1.29 is 9.53 Å². The molecule has 25 heavy (non-hydrogen) atoms. The van der Waals surface area contributed by atoms with E-state index in [-0.39, 0.29) is 0 Å². The van der Waals surface area contributed by atoms with E-state index in [4.69, 9.17) is 10.5 Å². The van der Waals surface area contributed by atoms with Crippen molar-refractivity contribution in [2.24, 2.45) is 5.73 Å². The summed E-state index contributed by atoms with van der Waals surface area (Å²) in [5.74, 6) is 0.968. The number of fused-ring (bicyclic) bond motifs is 1. The molecular formula is C18H15N5O2. The van der Waals surface area contributed by atoms with E-state index in [2.05, 4.69) is 15.1 Å². The minimum absolute atomic E-state index is 0.320. The highest BCUT2D eigenvalue weighted by Crippen LogP contribution is 2.29. The minimum Gasteiger partial charge on any atom is -0.408 e. The average molecular weight is 333 g/mol. The molecule has 0 aliphatic rings. The molecule has 0 fully saturated rings. The van der Waals surface area contributed by atoms with Crippen LogP contribution in [0.2, 0.25) is 0 Å². The predicted octanol–water partition coefficient (Wildman–Crippen LogP) is 3.18. The third kappa shape index (κ3) is 2.61. The zero-order chi connectivity index (χ0) is 17.4. The van der Waals surface area contributed by atoms with Gasteiger partial charge in [0.25, 0.3) is 0 Å². The smallest absolute Gasteiger partial charge is 0.408 e. The summed E-state index contributed by atoms with van der Waals surface area (Å²) in [5, 5.41) is 4.45. The Balaban J connectivity index is 1.81. The molecule has 4 rings (SSSR count). The number of imidazole rings is 1. The minimum atomic E-state index is -0.870. The maximum absolute atomic E-state index is 11.1. The molecule has 0 bridgehead atoms. The van der Waals surface area contributed by atoms with E-state index in [1.54, 1.807) is 18.3 Å². The Kier molecular flexibility index (Phi) is 3.46. The molecule has 124 valence electrons. The van der Waals surface area contributed by atoms with Gasteiger partial charge in [0.1, 0.15) is 11.3 Å². The van der Waals surface area contributed by atoms with Crippen molar-refractivity contribution in [1.82, 2.24) is 19.7 Å². The van der Waals surface area contributed by atoms with Crippen molar-refractivity contribution in [3.63, 3.8) is 0 Å². The number of aromatic nitrogens is 4. The summed E-state index contributed by atoms with van der Waals surface area (Å²) >= 11 is 0.